The van der Waals surface area contributed by atoms with Gasteiger partial charge in [-0.05, 0) is 29.9 Å². The third-order valence-electron chi connectivity index (χ3n) is 4.90. The van der Waals surface area contributed by atoms with E-state index in [1.807, 2.05) is 0 Å². The van der Waals surface area contributed by atoms with E-state index < -0.39 is 0 Å². The molecule has 3 aromatic rings. The van der Waals surface area contributed by atoms with E-state index in [-0.39, 0.29) is 5.69 Å². The minimum Gasteiger partial charge on any atom is -0.278 e. The second kappa shape index (κ2) is 5.65. The van der Waals surface area contributed by atoms with E-state index in [0.29, 0.717) is 17.8 Å². The monoisotopic (exact) mass is 308 g/mol. The topological polar surface area (TPSA) is 52.7 Å². The van der Waals surface area contributed by atoms with Gasteiger partial charge >= 0.3 is 5.69 Å². The Labute approximate surface area is 134 Å². The molecule has 0 amide bonds. The van der Waals surface area contributed by atoms with E-state index in [1.54, 1.807) is 28.6 Å². The number of nitrogens with zero attached hydrogens (tertiary/aromatic N) is 4. The summed E-state index contributed by atoms with van der Waals surface area (Å²) in [5.41, 5.74) is 3.73. The zero-order valence-electron chi connectivity index (χ0n) is 13.3. The number of hydrogen-bond donors (Lipinski definition) is 0. The molecule has 0 unspecified atom stereocenters. The van der Waals surface area contributed by atoms with Crippen molar-refractivity contribution in [3.05, 3.63) is 58.3 Å². The van der Waals surface area contributed by atoms with Crippen LogP contribution in [-0.4, -0.2) is 19.1 Å². The Bertz CT molecular complexity index is 886. The van der Waals surface area contributed by atoms with Gasteiger partial charge in [-0.25, -0.2) is 14.8 Å². The predicted molar refractivity (Wildman–Crippen MR) is 89.5 cm³/mol. The fourth-order valence-electron chi connectivity index (χ4n) is 3.59. The summed E-state index contributed by atoms with van der Waals surface area (Å²) >= 11 is 0. The van der Waals surface area contributed by atoms with Crippen LogP contribution in [0.5, 0.6) is 0 Å². The molecule has 0 radical (unpaired) electrons. The summed E-state index contributed by atoms with van der Waals surface area (Å²) in [4.78, 5) is 21.0. The van der Waals surface area contributed by atoms with Crippen LogP contribution in [0.15, 0.2) is 41.5 Å². The Hall–Kier alpha value is -2.43. The lowest BCUT2D eigenvalue weighted by atomic mass is 9.97. The predicted octanol–water partition coefficient (Wildman–Crippen LogP) is 2.84. The first-order chi connectivity index (χ1) is 11.2. The first-order valence-electron chi connectivity index (χ1n) is 8.19. The first-order valence-corrected chi connectivity index (χ1v) is 8.19. The van der Waals surface area contributed by atoms with E-state index in [4.69, 9.17) is 0 Å². The van der Waals surface area contributed by atoms with Crippen molar-refractivity contribution >= 4 is 11.3 Å². The van der Waals surface area contributed by atoms with Crippen molar-refractivity contribution in [3.63, 3.8) is 0 Å². The van der Waals surface area contributed by atoms with Gasteiger partial charge in [0.15, 0.2) is 11.3 Å². The zero-order valence-corrected chi connectivity index (χ0v) is 13.3. The largest absolute Gasteiger partial charge is 0.331 e. The van der Waals surface area contributed by atoms with Gasteiger partial charge in [-0.3, -0.25) is 9.13 Å². The quantitative estimate of drug-likeness (QED) is 0.747. The molecule has 0 aliphatic heterocycles. The van der Waals surface area contributed by atoms with E-state index in [2.05, 4.69) is 34.2 Å². The van der Waals surface area contributed by atoms with Crippen molar-refractivity contribution in [3.8, 4) is 0 Å². The van der Waals surface area contributed by atoms with Crippen molar-refractivity contribution in [2.75, 3.05) is 0 Å². The van der Waals surface area contributed by atoms with Crippen molar-refractivity contribution in [2.45, 2.75) is 38.1 Å². The van der Waals surface area contributed by atoms with Gasteiger partial charge in [-0.15, -0.1) is 0 Å². The molecule has 5 nitrogen and oxygen atoms in total. The number of rotatable bonds is 3. The van der Waals surface area contributed by atoms with Crippen LogP contribution in [-0.2, 0) is 13.6 Å². The SMILES string of the molecule is Cn1c(=O)n(Cc2ccc(C3CCCC3)cc2)c2nccnc21. The summed E-state index contributed by atoms with van der Waals surface area (Å²) in [6.45, 7) is 0.528. The minimum atomic E-state index is -0.0777. The Kier molecular flexibility index (Phi) is 3.48. The average Bonchev–Trinajstić information content (AvgIpc) is 3.20. The lowest BCUT2D eigenvalue weighted by Crippen LogP contribution is -2.22. The van der Waals surface area contributed by atoms with E-state index in [1.165, 1.54) is 31.2 Å². The summed E-state index contributed by atoms with van der Waals surface area (Å²) in [5, 5.41) is 0. The van der Waals surface area contributed by atoms with Crippen molar-refractivity contribution < 1.29 is 0 Å². The summed E-state index contributed by atoms with van der Waals surface area (Å²) in [5.74, 6) is 0.718. The molecule has 118 valence electrons. The molecule has 0 saturated heterocycles. The molecule has 1 aromatic carbocycles. The molecule has 2 heterocycles. The highest BCUT2D eigenvalue weighted by molar-refractivity contribution is 5.65. The number of hydrogen-bond acceptors (Lipinski definition) is 3. The van der Waals surface area contributed by atoms with Crippen LogP contribution in [0.2, 0.25) is 0 Å². The Morgan fingerprint density at radius 3 is 2.39 bits per heavy atom. The van der Waals surface area contributed by atoms with E-state index >= 15 is 0 Å². The highest BCUT2D eigenvalue weighted by atomic mass is 16.1. The van der Waals surface area contributed by atoms with Crippen LogP contribution >= 0.6 is 0 Å². The van der Waals surface area contributed by atoms with Crippen molar-refractivity contribution in [2.24, 2.45) is 7.05 Å². The van der Waals surface area contributed by atoms with Crippen LogP contribution < -0.4 is 5.69 Å². The van der Waals surface area contributed by atoms with E-state index in [9.17, 15) is 4.79 Å². The minimum absolute atomic E-state index is 0.0777. The number of aryl methyl sites for hydroxylation is 1. The molecule has 5 heteroatoms. The van der Waals surface area contributed by atoms with Gasteiger partial charge in [0, 0.05) is 19.4 Å². The smallest absolute Gasteiger partial charge is 0.278 e. The fraction of sp³-hybridized carbons (Fsp3) is 0.389. The van der Waals surface area contributed by atoms with Gasteiger partial charge in [0.1, 0.15) is 0 Å². The zero-order chi connectivity index (χ0) is 15.8. The third kappa shape index (κ3) is 2.46. The molecular formula is C18H20N4O. The summed E-state index contributed by atoms with van der Waals surface area (Å²) < 4.78 is 3.24. The lowest BCUT2D eigenvalue weighted by molar-refractivity contribution is 0.716. The molecular weight excluding hydrogens is 288 g/mol. The number of benzene rings is 1. The summed E-state index contributed by atoms with van der Waals surface area (Å²) in [6.07, 6.45) is 8.53. The maximum atomic E-state index is 12.4. The second-order valence-corrected chi connectivity index (χ2v) is 6.35. The van der Waals surface area contributed by atoms with Crippen LogP contribution in [0.3, 0.4) is 0 Å². The van der Waals surface area contributed by atoms with Gasteiger partial charge in [0.05, 0.1) is 6.54 Å². The summed E-state index contributed by atoms with van der Waals surface area (Å²) in [6, 6.07) is 8.70. The Morgan fingerprint density at radius 2 is 1.70 bits per heavy atom. The molecule has 4 rings (SSSR count). The number of aromatic nitrogens is 4. The molecule has 0 spiro atoms. The molecule has 1 saturated carbocycles. The van der Waals surface area contributed by atoms with Crippen LogP contribution in [0.4, 0.5) is 0 Å². The fourth-order valence-corrected chi connectivity index (χ4v) is 3.59. The van der Waals surface area contributed by atoms with Crippen LogP contribution in [0.1, 0.15) is 42.7 Å². The average molecular weight is 308 g/mol. The second-order valence-electron chi connectivity index (χ2n) is 6.35. The molecule has 23 heavy (non-hydrogen) atoms. The third-order valence-corrected chi connectivity index (χ3v) is 4.90. The number of imidazole rings is 1. The molecule has 0 N–H and O–H groups in total. The highest BCUT2D eigenvalue weighted by Crippen LogP contribution is 2.34. The van der Waals surface area contributed by atoms with Gasteiger partial charge < -0.3 is 0 Å². The van der Waals surface area contributed by atoms with Crippen molar-refractivity contribution in [1.82, 2.24) is 19.1 Å². The van der Waals surface area contributed by atoms with Gasteiger partial charge in [-0.2, -0.15) is 0 Å². The molecule has 1 aliphatic carbocycles. The molecule has 0 atom stereocenters. The van der Waals surface area contributed by atoms with Gasteiger partial charge in [0.2, 0.25) is 0 Å². The van der Waals surface area contributed by atoms with Crippen molar-refractivity contribution in [1.29, 1.82) is 0 Å². The normalized spacial score (nSPS) is 15.5. The lowest BCUT2D eigenvalue weighted by Gasteiger charge is -2.10. The molecule has 2 aromatic heterocycles. The van der Waals surface area contributed by atoms with Gasteiger partial charge in [-0.1, -0.05) is 37.1 Å². The van der Waals surface area contributed by atoms with Gasteiger partial charge in [0.25, 0.3) is 0 Å². The van der Waals surface area contributed by atoms with Crippen LogP contribution in [0.25, 0.3) is 11.3 Å². The Morgan fingerprint density at radius 1 is 1.04 bits per heavy atom. The molecule has 0 bridgehead atoms. The maximum Gasteiger partial charge on any atom is 0.331 e. The Balaban J connectivity index is 1.66. The molecule has 1 aliphatic rings. The highest BCUT2D eigenvalue weighted by Gasteiger charge is 2.17. The first kappa shape index (κ1) is 14.2. The number of fused-ring (bicyclic) bond motifs is 1. The standard InChI is InChI=1S/C18H20N4O/c1-21-16-17(20-11-10-19-16)22(18(21)23)12-13-6-8-15(9-7-13)14-4-2-3-5-14/h6-11,14H,2-5,12H2,1H3. The van der Waals surface area contributed by atoms with Crippen LogP contribution in [0, 0.1) is 0 Å². The maximum absolute atomic E-state index is 12.4. The molecule has 1 fully saturated rings. The summed E-state index contributed by atoms with van der Waals surface area (Å²) in [7, 11) is 1.74. The van der Waals surface area contributed by atoms with E-state index in [0.717, 1.165) is 11.5 Å².